The highest BCUT2D eigenvalue weighted by Crippen LogP contribution is 2.46. The van der Waals surface area contributed by atoms with E-state index in [0.29, 0.717) is 30.5 Å². The minimum absolute atomic E-state index is 0.187. The van der Waals surface area contributed by atoms with E-state index in [4.69, 9.17) is 16.3 Å². The Labute approximate surface area is 131 Å². The van der Waals surface area contributed by atoms with Crippen LogP contribution in [0.4, 0.5) is 0 Å². The van der Waals surface area contributed by atoms with Gasteiger partial charge in [0.1, 0.15) is 0 Å². The van der Waals surface area contributed by atoms with Crippen molar-refractivity contribution in [2.75, 3.05) is 13.7 Å². The van der Waals surface area contributed by atoms with Gasteiger partial charge in [0.2, 0.25) is 0 Å². The van der Waals surface area contributed by atoms with E-state index in [0.717, 1.165) is 11.4 Å². The predicted molar refractivity (Wildman–Crippen MR) is 83.5 cm³/mol. The molecule has 1 aromatic rings. The monoisotopic (exact) mass is 307 g/mol. The third-order valence-electron chi connectivity index (χ3n) is 5.21. The van der Waals surface area contributed by atoms with Crippen molar-refractivity contribution in [2.45, 2.75) is 44.2 Å². The molecule has 0 aliphatic carbocycles. The number of hydrogen-bond acceptors (Lipinski definition) is 3. The van der Waals surface area contributed by atoms with Gasteiger partial charge in [-0.05, 0) is 49.9 Å². The largest absolute Gasteiger partial charge is 0.465 e. The van der Waals surface area contributed by atoms with Crippen LogP contribution in [0.15, 0.2) is 24.3 Å². The van der Waals surface area contributed by atoms with E-state index in [1.807, 2.05) is 12.1 Å². The molecule has 0 N–H and O–H groups in total. The second-order valence-electron chi connectivity index (χ2n) is 6.32. The zero-order chi connectivity index (χ0) is 15.0. The van der Waals surface area contributed by atoms with Gasteiger partial charge in [-0.3, -0.25) is 4.79 Å². The highest BCUT2D eigenvalue weighted by molar-refractivity contribution is 6.30. The summed E-state index contributed by atoms with van der Waals surface area (Å²) in [7, 11) is 2.21. The Kier molecular flexibility index (Phi) is 4.23. The maximum atomic E-state index is 11.2. The summed E-state index contributed by atoms with van der Waals surface area (Å²) >= 11 is 6.00. The minimum atomic E-state index is -0.187. The molecule has 2 aliphatic heterocycles. The number of fused-ring (bicyclic) bond motifs is 2. The molecule has 3 rings (SSSR count). The molecule has 0 amide bonds. The molecule has 0 saturated carbocycles. The molecule has 4 atom stereocenters. The average Bonchev–Trinajstić information content (AvgIpc) is 2.70. The summed E-state index contributed by atoms with van der Waals surface area (Å²) in [4.78, 5) is 13.7. The van der Waals surface area contributed by atoms with Crippen LogP contribution < -0.4 is 0 Å². The van der Waals surface area contributed by atoms with Gasteiger partial charge in [-0.25, -0.2) is 0 Å². The van der Waals surface area contributed by atoms with Crippen LogP contribution in [0.1, 0.15) is 37.7 Å². The first-order chi connectivity index (χ1) is 10.1. The number of carbonyl (C=O) groups excluding carboxylic acids is 1. The molecule has 2 aliphatic rings. The molecule has 2 bridgehead atoms. The fourth-order valence-corrected chi connectivity index (χ4v) is 4.24. The standard InChI is InChI=1S/C17H22ClNO2/c1-11(20)21-10-16-15(12-3-5-13(18)6-4-12)9-14-7-8-17(16)19(14)2/h3-6,14-17H,7-10H2,1-2H3/t14-,15-,16+,17?/m1/s1. The van der Waals surface area contributed by atoms with Crippen molar-refractivity contribution in [1.82, 2.24) is 4.90 Å². The molecular formula is C17H22ClNO2. The fraction of sp³-hybridized carbons (Fsp3) is 0.588. The number of hydrogen-bond donors (Lipinski definition) is 0. The van der Waals surface area contributed by atoms with Gasteiger partial charge >= 0.3 is 5.97 Å². The fourth-order valence-electron chi connectivity index (χ4n) is 4.11. The first-order valence-electron chi connectivity index (χ1n) is 7.67. The third kappa shape index (κ3) is 2.95. The quantitative estimate of drug-likeness (QED) is 0.801. The van der Waals surface area contributed by atoms with E-state index in [-0.39, 0.29) is 5.97 Å². The van der Waals surface area contributed by atoms with E-state index in [2.05, 4.69) is 24.1 Å². The van der Waals surface area contributed by atoms with Crippen molar-refractivity contribution in [2.24, 2.45) is 5.92 Å². The molecule has 0 aromatic heterocycles. The Balaban J connectivity index is 1.85. The summed E-state index contributed by atoms with van der Waals surface area (Å²) in [5, 5.41) is 0.770. The van der Waals surface area contributed by atoms with Gasteiger partial charge in [-0.15, -0.1) is 0 Å². The predicted octanol–water partition coefficient (Wildman–Crippen LogP) is 3.47. The number of nitrogens with zero attached hydrogens (tertiary/aromatic N) is 1. The van der Waals surface area contributed by atoms with E-state index < -0.39 is 0 Å². The van der Waals surface area contributed by atoms with Crippen LogP contribution in [0, 0.1) is 5.92 Å². The number of benzene rings is 1. The lowest BCUT2D eigenvalue weighted by Gasteiger charge is -2.43. The van der Waals surface area contributed by atoms with Crippen LogP contribution in [0.25, 0.3) is 0 Å². The highest BCUT2D eigenvalue weighted by atomic mass is 35.5. The second-order valence-corrected chi connectivity index (χ2v) is 6.76. The van der Waals surface area contributed by atoms with Crippen LogP contribution in [0.5, 0.6) is 0 Å². The lowest BCUT2D eigenvalue weighted by Crippen LogP contribution is -2.47. The van der Waals surface area contributed by atoms with E-state index in [1.165, 1.54) is 25.3 Å². The first kappa shape index (κ1) is 14.9. The second kappa shape index (κ2) is 5.98. The SMILES string of the molecule is CC(=O)OC[C@@H]1C2CC[C@H](C[C@@H]1c1ccc(Cl)cc1)N2C. The number of ether oxygens (including phenoxy) is 1. The molecular weight excluding hydrogens is 286 g/mol. The van der Waals surface area contributed by atoms with Gasteiger partial charge in [-0.2, -0.15) is 0 Å². The van der Waals surface area contributed by atoms with Gasteiger partial charge < -0.3 is 9.64 Å². The summed E-state index contributed by atoms with van der Waals surface area (Å²) in [6.07, 6.45) is 3.60. The van der Waals surface area contributed by atoms with Gasteiger partial charge in [-0.1, -0.05) is 23.7 Å². The maximum absolute atomic E-state index is 11.2. The zero-order valence-corrected chi connectivity index (χ0v) is 13.3. The summed E-state index contributed by atoms with van der Waals surface area (Å²) < 4.78 is 5.36. The average molecular weight is 308 g/mol. The molecule has 2 fully saturated rings. The Morgan fingerprint density at radius 1 is 1.33 bits per heavy atom. The zero-order valence-electron chi connectivity index (χ0n) is 12.6. The lowest BCUT2D eigenvalue weighted by molar-refractivity contribution is -0.143. The van der Waals surface area contributed by atoms with Crippen molar-refractivity contribution < 1.29 is 9.53 Å². The smallest absolute Gasteiger partial charge is 0.302 e. The topological polar surface area (TPSA) is 29.5 Å². The Morgan fingerprint density at radius 3 is 2.71 bits per heavy atom. The molecule has 2 saturated heterocycles. The number of esters is 1. The van der Waals surface area contributed by atoms with Gasteiger partial charge in [0.05, 0.1) is 6.61 Å². The number of piperidine rings is 1. The summed E-state index contributed by atoms with van der Waals surface area (Å²) in [6, 6.07) is 9.34. The van der Waals surface area contributed by atoms with Crippen molar-refractivity contribution in [1.29, 1.82) is 0 Å². The van der Waals surface area contributed by atoms with Crippen molar-refractivity contribution in [3.05, 3.63) is 34.9 Å². The van der Waals surface area contributed by atoms with Crippen molar-refractivity contribution in [3.8, 4) is 0 Å². The summed E-state index contributed by atoms with van der Waals surface area (Å²) in [5.74, 6) is 0.641. The van der Waals surface area contributed by atoms with Crippen molar-refractivity contribution in [3.63, 3.8) is 0 Å². The van der Waals surface area contributed by atoms with E-state index in [9.17, 15) is 4.79 Å². The first-order valence-corrected chi connectivity index (χ1v) is 8.05. The van der Waals surface area contributed by atoms with Crippen LogP contribution >= 0.6 is 11.6 Å². The molecule has 21 heavy (non-hydrogen) atoms. The Bertz CT molecular complexity index is 516. The number of halogens is 1. The van der Waals surface area contributed by atoms with Gasteiger partial charge in [0, 0.05) is 29.9 Å². The Morgan fingerprint density at radius 2 is 2.05 bits per heavy atom. The van der Waals surface area contributed by atoms with Crippen LogP contribution in [-0.4, -0.2) is 36.6 Å². The molecule has 114 valence electrons. The Hall–Kier alpha value is -1.06. The summed E-state index contributed by atoms with van der Waals surface area (Å²) in [6.45, 7) is 2.01. The molecule has 2 heterocycles. The van der Waals surface area contributed by atoms with E-state index in [1.54, 1.807) is 0 Å². The normalized spacial score (nSPS) is 32.1. The van der Waals surface area contributed by atoms with Crippen LogP contribution in [0.3, 0.4) is 0 Å². The van der Waals surface area contributed by atoms with Gasteiger partial charge in [0.25, 0.3) is 0 Å². The van der Waals surface area contributed by atoms with Crippen LogP contribution in [0.2, 0.25) is 5.02 Å². The highest BCUT2D eigenvalue weighted by Gasteiger charge is 2.46. The molecule has 0 spiro atoms. The lowest BCUT2D eigenvalue weighted by atomic mass is 9.76. The molecule has 0 radical (unpaired) electrons. The summed E-state index contributed by atoms with van der Waals surface area (Å²) in [5.41, 5.74) is 1.32. The number of carbonyl (C=O) groups is 1. The molecule has 1 aromatic carbocycles. The minimum Gasteiger partial charge on any atom is -0.465 e. The maximum Gasteiger partial charge on any atom is 0.302 e. The third-order valence-corrected chi connectivity index (χ3v) is 5.46. The number of rotatable bonds is 3. The van der Waals surface area contributed by atoms with E-state index >= 15 is 0 Å². The van der Waals surface area contributed by atoms with Crippen LogP contribution in [-0.2, 0) is 9.53 Å². The van der Waals surface area contributed by atoms with Gasteiger partial charge in [0.15, 0.2) is 0 Å². The molecule has 4 heteroatoms. The van der Waals surface area contributed by atoms with Crippen molar-refractivity contribution >= 4 is 17.6 Å². The molecule has 1 unspecified atom stereocenters. The molecule has 3 nitrogen and oxygen atoms in total.